The Labute approximate surface area is 127 Å². The van der Waals surface area contributed by atoms with Crippen LogP contribution >= 0.6 is 0 Å². The quantitative estimate of drug-likeness (QED) is 0.925. The van der Waals surface area contributed by atoms with Crippen molar-refractivity contribution in [3.63, 3.8) is 0 Å². The lowest BCUT2D eigenvalue weighted by Crippen LogP contribution is -2.40. The highest BCUT2D eigenvalue weighted by atomic mass is 19.3. The first-order valence-corrected chi connectivity index (χ1v) is 7.56. The van der Waals surface area contributed by atoms with Crippen LogP contribution in [0.5, 0.6) is 0 Å². The van der Waals surface area contributed by atoms with Crippen LogP contribution in [0.25, 0.3) is 0 Å². The maximum Gasteiger partial charge on any atom is 0.248 e. The van der Waals surface area contributed by atoms with Gasteiger partial charge >= 0.3 is 0 Å². The second-order valence-electron chi connectivity index (χ2n) is 6.10. The number of nitrogens with one attached hydrogen (secondary N) is 1. The highest BCUT2D eigenvalue weighted by Crippen LogP contribution is 2.39. The molecule has 6 nitrogen and oxygen atoms in total. The van der Waals surface area contributed by atoms with Crippen molar-refractivity contribution in [2.24, 2.45) is 5.92 Å². The van der Waals surface area contributed by atoms with Crippen molar-refractivity contribution in [2.45, 2.75) is 50.2 Å². The summed E-state index contributed by atoms with van der Waals surface area (Å²) in [6.45, 7) is 0.466. The Morgan fingerprint density at radius 1 is 1.45 bits per heavy atom. The second-order valence-corrected chi connectivity index (χ2v) is 6.10. The van der Waals surface area contributed by atoms with E-state index >= 15 is 0 Å². The number of carbonyl (C=O) groups excluding carboxylic acids is 1. The lowest BCUT2D eigenvalue weighted by Gasteiger charge is -2.32. The highest BCUT2D eigenvalue weighted by Gasteiger charge is 2.43. The number of halogens is 2. The molecular formula is C14H20F2N4O2. The van der Waals surface area contributed by atoms with Crippen LogP contribution < -0.4 is 0 Å². The van der Waals surface area contributed by atoms with Gasteiger partial charge in [0.2, 0.25) is 11.8 Å². The molecule has 2 fully saturated rings. The molecule has 1 amide bonds. The summed E-state index contributed by atoms with van der Waals surface area (Å²) in [5.74, 6) is -2.41. The first-order chi connectivity index (χ1) is 10.5. The van der Waals surface area contributed by atoms with E-state index in [1.54, 1.807) is 12.0 Å². The van der Waals surface area contributed by atoms with Crippen molar-refractivity contribution >= 4 is 5.91 Å². The first kappa shape index (κ1) is 15.3. The minimum absolute atomic E-state index is 0.0657. The van der Waals surface area contributed by atoms with Crippen molar-refractivity contribution in [3.8, 4) is 0 Å². The fraction of sp³-hybridized carbons (Fsp3) is 0.786. The maximum absolute atomic E-state index is 13.3. The summed E-state index contributed by atoms with van der Waals surface area (Å²) in [6.07, 6.45) is 2.03. The normalized spacial score (nSPS) is 29.0. The molecule has 8 heteroatoms. The Morgan fingerprint density at radius 2 is 2.18 bits per heavy atom. The molecular weight excluding hydrogens is 294 g/mol. The Morgan fingerprint density at radius 3 is 2.77 bits per heavy atom. The molecule has 2 heterocycles. The molecule has 1 aromatic rings. The molecule has 1 aliphatic heterocycles. The number of hydrogen-bond acceptors (Lipinski definition) is 4. The Bertz CT molecular complexity index is 513. The van der Waals surface area contributed by atoms with E-state index in [9.17, 15) is 13.6 Å². The Balaban J connectivity index is 1.72. The van der Waals surface area contributed by atoms with Gasteiger partial charge in [0.25, 0.3) is 0 Å². The van der Waals surface area contributed by atoms with E-state index < -0.39 is 5.92 Å². The third-order valence-corrected chi connectivity index (χ3v) is 4.69. The summed E-state index contributed by atoms with van der Waals surface area (Å²) < 4.78 is 31.9. The van der Waals surface area contributed by atoms with E-state index in [-0.39, 0.29) is 49.7 Å². The number of aromatic nitrogens is 3. The van der Waals surface area contributed by atoms with Gasteiger partial charge in [-0.15, -0.1) is 0 Å². The fourth-order valence-electron chi connectivity index (χ4n) is 3.37. The second kappa shape index (κ2) is 5.91. The van der Waals surface area contributed by atoms with Crippen LogP contribution in [0, 0.1) is 5.92 Å². The number of H-pyrrole nitrogens is 1. The zero-order valence-electron chi connectivity index (χ0n) is 12.5. The lowest BCUT2D eigenvalue weighted by molar-refractivity contribution is -0.141. The third kappa shape index (κ3) is 2.97. The number of rotatable bonds is 3. The molecule has 1 saturated carbocycles. The van der Waals surface area contributed by atoms with Crippen LogP contribution in [0.2, 0.25) is 0 Å². The van der Waals surface area contributed by atoms with Crippen LogP contribution in [0.4, 0.5) is 8.78 Å². The molecule has 0 bridgehead atoms. The van der Waals surface area contributed by atoms with Crippen molar-refractivity contribution < 1.29 is 18.3 Å². The zero-order chi connectivity index (χ0) is 15.7. The number of carbonyl (C=O) groups is 1. The van der Waals surface area contributed by atoms with Crippen molar-refractivity contribution in [1.82, 2.24) is 20.1 Å². The number of alkyl halides is 2. The molecule has 0 aromatic carbocycles. The van der Waals surface area contributed by atoms with Gasteiger partial charge in [0.1, 0.15) is 12.2 Å². The average Bonchev–Trinajstić information content (AvgIpc) is 3.15. The summed E-state index contributed by atoms with van der Waals surface area (Å²) in [6, 6.07) is -0.220. The van der Waals surface area contributed by atoms with Crippen LogP contribution in [-0.2, 0) is 9.53 Å². The number of aromatic amines is 1. The molecule has 1 N–H and O–H groups in total. The van der Waals surface area contributed by atoms with Gasteiger partial charge in [-0.05, 0) is 12.8 Å². The molecule has 3 rings (SSSR count). The predicted octanol–water partition coefficient (Wildman–Crippen LogP) is 1.92. The van der Waals surface area contributed by atoms with Crippen molar-refractivity contribution in [2.75, 3.05) is 13.7 Å². The SMILES string of the molecule is CO[C@@H]1C[C@@H](c2ncn[nH]2)N(C(=O)C2CCC(F)(F)CC2)C1. The molecule has 0 spiro atoms. The summed E-state index contributed by atoms with van der Waals surface area (Å²) in [5.41, 5.74) is 0. The monoisotopic (exact) mass is 314 g/mol. The van der Waals surface area contributed by atoms with E-state index in [1.807, 2.05) is 0 Å². The number of nitrogens with zero attached hydrogens (tertiary/aromatic N) is 3. The number of amides is 1. The smallest absolute Gasteiger partial charge is 0.248 e. The summed E-state index contributed by atoms with van der Waals surface area (Å²) in [4.78, 5) is 18.6. The average molecular weight is 314 g/mol. The number of methoxy groups -OCH3 is 1. The van der Waals surface area contributed by atoms with Crippen LogP contribution in [0.3, 0.4) is 0 Å². The number of ether oxygens (including phenoxy) is 1. The van der Waals surface area contributed by atoms with E-state index in [0.29, 0.717) is 18.8 Å². The summed E-state index contributed by atoms with van der Waals surface area (Å²) in [7, 11) is 1.61. The van der Waals surface area contributed by atoms with E-state index in [2.05, 4.69) is 15.2 Å². The van der Waals surface area contributed by atoms with Gasteiger partial charge < -0.3 is 9.64 Å². The topological polar surface area (TPSA) is 71.1 Å². The zero-order valence-corrected chi connectivity index (χ0v) is 12.5. The molecule has 0 radical (unpaired) electrons. The molecule has 122 valence electrons. The molecule has 22 heavy (non-hydrogen) atoms. The largest absolute Gasteiger partial charge is 0.380 e. The van der Waals surface area contributed by atoms with Crippen molar-refractivity contribution in [3.05, 3.63) is 12.2 Å². The van der Waals surface area contributed by atoms with Crippen molar-refractivity contribution in [1.29, 1.82) is 0 Å². The summed E-state index contributed by atoms with van der Waals surface area (Å²) >= 11 is 0. The van der Waals surface area contributed by atoms with E-state index in [0.717, 1.165) is 0 Å². The van der Waals surface area contributed by atoms with E-state index in [4.69, 9.17) is 4.74 Å². The Hall–Kier alpha value is -1.57. The van der Waals surface area contributed by atoms with E-state index in [1.165, 1.54) is 6.33 Å². The molecule has 1 saturated heterocycles. The van der Waals surface area contributed by atoms with Crippen LogP contribution in [-0.4, -0.2) is 51.7 Å². The molecule has 1 aliphatic carbocycles. The molecule has 1 aromatic heterocycles. The van der Waals surface area contributed by atoms with Gasteiger partial charge in [-0.2, -0.15) is 5.10 Å². The molecule has 2 aliphatic rings. The van der Waals surface area contributed by atoms with Gasteiger partial charge in [0.15, 0.2) is 0 Å². The van der Waals surface area contributed by atoms with Crippen LogP contribution in [0.15, 0.2) is 6.33 Å². The number of hydrogen-bond donors (Lipinski definition) is 1. The summed E-state index contributed by atoms with van der Waals surface area (Å²) in [5, 5.41) is 6.62. The van der Waals surface area contributed by atoms with Gasteiger partial charge in [-0.25, -0.2) is 13.8 Å². The first-order valence-electron chi connectivity index (χ1n) is 7.56. The maximum atomic E-state index is 13.3. The highest BCUT2D eigenvalue weighted by molar-refractivity contribution is 5.79. The Kier molecular flexibility index (Phi) is 4.12. The fourth-order valence-corrected chi connectivity index (χ4v) is 3.37. The standard InChI is InChI=1S/C14H20F2N4O2/c1-22-10-6-11(12-17-8-18-19-12)20(7-10)13(21)9-2-4-14(15,16)5-3-9/h8-11H,2-7H2,1H3,(H,17,18,19)/t10-,11+/m1/s1. The minimum Gasteiger partial charge on any atom is -0.380 e. The van der Waals surface area contributed by atoms with Crippen LogP contribution in [0.1, 0.15) is 44.0 Å². The minimum atomic E-state index is -2.62. The number of likely N-dealkylation sites (tertiary alicyclic amines) is 1. The molecule has 2 atom stereocenters. The predicted molar refractivity (Wildman–Crippen MR) is 73.2 cm³/mol. The van der Waals surface area contributed by atoms with Gasteiger partial charge in [-0.1, -0.05) is 0 Å². The lowest BCUT2D eigenvalue weighted by atomic mass is 9.85. The van der Waals surface area contributed by atoms with Gasteiger partial charge in [0, 0.05) is 38.8 Å². The van der Waals surface area contributed by atoms with Gasteiger partial charge in [0.05, 0.1) is 12.1 Å². The molecule has 0 unspecified atom stereocenters. The third-order valence-electron chi connectivity index (χ3n) is 4.69. The van der Waals surface area contributed by atoms with Gasteiger partial charge in [-0.3, -0.25) is 9.89 Å².